The van der Waals surface area contributed by atoms with Gasteiger partial charge >= 0.3 is 4.87 Å². The summed E-state index contributed by atoms with van der Waals surface area (Å²) in [5.74, 6) is 3.89. The van der Waals surface area contributed by atoms with E-state index in [1.54, 1.807) is 61.3 Å². The average Bonchev–Trinajstić information content (AvgIpc) is 3.22. The van der Waals surface area contributed by atoms with E-state index in [-0.39, 0.29) is 23.1 Å². The van der Waals surface area contributed by atoms with Crippen LogP contribution in [-0.4, -0.2) is 44.2 Å². The second-order valence-corrected chi connectivity index (χ2v) is 12.8. The maximum absolute atomic E-state index is 13.1. The van der Waals surface area contributed by atoms with Crippen LogP contribution in [0, 0.1) is 0 Å². The zero-order valence-electron chi connectivity index (χ0n) is 21.2. The first-order valence-corrected chi connectivity index (χ1v) is 14.8. The van der Waals surface area contributed by atoms with Crippen LogP contribution in [0.25, 0.3) is 10.2 Å². The molecule has 0 saturated heterocycles. The van der Waals surface area contributed by atoms with E-state index in [1.165, 1.54) is 4.57 Å². The Balaban J connectivity index is 1.48. The Morgan fingerprint density at radius 3 is 2.59 bits per heavy atom. The molecule has 0 bridgehead atoms. The molecule has 2 aromatic carbocycles. The molecule has 1 N–H and O–H groups in total. The van der Waals surface area contributed by atoms with Gasteiger partial charge in [-0.1, -0.05) is 42.5 Å². The molecule has 0 aliphatic heterocycles. The molecule has 9 heteroatoms. The second kappa shape index (κ2) is 10.9. The van der Waals surface area contributed by atoms with Crippen LogP contribution in [0.1, 0.15) is 38.3 Å². The Hall–Kier alpha value is -3.43. The molecule has 3 aromatic rings. The van der Waals surface area contributed by atoms with Crippen LogP contribution in [-0.2, 0) is 25.5 Å². The zero-order chi connectivity index (χ0) is 26.7. The summed E-state index contributed by atoms with van der Waals surface area (Å²) in [6.07, 6.45) is 7.75. The van der Waals surface area contributed by atoms with Gasteiger partial charge in [0.1, 0.15) is 6.04 Å². The van der Waals surface area contributed by atoms with Crippen LogP contribution in [0.2, 0.25) is 0 Å². The number of hydrogen-bond donors (Lipinski definition) is 1. The van der Waals surface area contributed by atoms with E-state index >= 15 is 0 Å². The highest BCUT2D eigenvalue weighted by atomic mass is 32.2. The lowest BCUT2D eigenvalue weighted by atomic mass is 10.1. The number of amides is 2. The van der Waals surface area contributed by atoms with Crippen molar-refractivity contribution in [1.82, 2.24) is 9.47 Å². The highest BCUT2D eigenvalue weighted by molar-refractivity contribution is 8.00. The van der Waals surface area contributed by atoms with Gasteiger partial charge in [-0.2, -0.15) is 0 Å². The van der Waals surface area contributed by atoms with Gasteiger partial charge in [0.25, 0.3) is 0 Å². The normalized spacial score (nSPS) is 15.6. The van der Waals surface area contributed by atoms with Crippen LogP contribution in [0.3, 0.4) is 0 Å². The van der Waals surface area contributed by atoms with Gasteiger partial charge in [0.05, 0.1) is 16.6 Å². The first kappa shape index (κ1) is 26.6. The number of likely N-dealkylation sites (N-methyl/N-ethyl adjacent to an activating group) is 1. The van der Waals surface area contributed by atoms with Gasteiger partial charge in [-0.15, -0.1) is 0 Å². The summed E-state index contributed by atoms with van der Waals surface area (Å²) in [5, 5.41) is 2.88. The number of aromatic nitrogens is 1. The fraction of sp³-hybridized carbons (Fsp3) is 0.286. The van der Waals surface area contributed by atoms with Gasteiger partial charge in [0.2, 0.25) is 11.8 Å². The molecule has 2 unspecified atom stereocenters. The Bertz CT molecular complexity index is 1560. The number of thiazole rings is 1. The van der Waals surface area contributed by atoms with Crippen LogP contribution in [0.4, 0.5) is 5.69 Å². The maximum Gasteiger partial charge on any atom is 0.308 e. The van der Waals surface area contributed by atoms with Gasteiger partial charge < -0.3 is 10.2 Å². The van der Waals surface area contributed by atoms with Gasteiger partial charge in [0.15, 0.2) is 0 Å². The lowest BCUT2D eigenvalue weighted by Gasteiger charge is -2.25. The summed E-state index contributed by atoms with van der Waals surface area (Å²) in [7, 11) is -0.551. The van der Waals surface area contributed by atoms with Gasteiger partial charge in [-0.25, -0.2) is 0 Å². The molecular weight excluding hydrogens is 506 g/mol. The topological polar surface area (TPSA) is 88.5 Å². The van der Waals surface area contributed by atoms with Crippen molar-refractivity contribution in [2.24, 2.45) is 0 Å². The summed E-state index contributed by atoms with van der Waals surface area (Å²) in [6.45, 7) is 3.57. The predicted molar refractivity (Wildman–Crippen MR) is 153 cm³/mol. The minimum absolute atomic E-state index is 0.152. The molecule has 0 radical (unpaired) electrons. The number of hydrogen-bond acceptors (Lipinski definition) is 5. The van der Waals surface area contributed by atoms with E-state index < -0.39 is 15.6 Å². The molecule has 1 aromatic heterocycles. The molecule has 0 fully saturated rings. The number of benzene rings is 2. The second-order valence-electron chi connectivity index (χ2n) is 9.09. The number of nitrogens with zero attached hydrogens (tertiary/aromatic N) is 2. The maximum atomic E-state index is 13.1. The number of nitrogens with one attached hydrogen (secondary N) is 1. The molecule has 2 amide bonds. The van der Waals surface area contributed by atoms with Gasteiger partial charge in [-0.3, -0.25) is 23.2 Å². The molecule has 4 rings (SSSR count). The predicted octanol–water partition coefficient (Wildman–Crippen LogP) is 4.59. The molecule has 194 valence electrons. The highest BCUT2D eigenvalue weighted by Crippen LogP contribution is 2.26. The third kappa shape index (κ3) is 5.78. The summed E-state index contributed by atoms with van der Waals surface area (Å²) in [6, 6.07) is 11.7. The van der Waals surface area contributed by atoms with E-state index in [1.807, 2.05) is 19.1 Å². The van der Waals surface area contributed by atoms with Gasteiger partial charge in [0, 0.05) is 29.1 Å². The first-order chi connectivity index (χ1) is 17.6. The molecule has 1 aliphatic carbocycles. The molecule has 1 heterocycles. The van der Waals surface area contributed by atoms with Crippen molar-refractivity contribution in [3.8, 4) is 0 Å². The van der Waals surface area contributed by atoms with E-state index in [0.717, 1.165) is 35.4 Å². The molecule has 7 nitrogen and oxygen atoms in total. The largest absolute Gasteiger partial charge is 0.326 e. The molecule has 0 spiro atoms. The third-order valence-electron chi connectivity index (χ3n) is 6.58. The first-order valence-electron chi connectivity index (χ1n) is 12.1. The van der Waals surface area contributed by atoms with Crippen molar-refractivity contribution < 1.29 is 13.8 Å². The lowest BCUT2D eigenvalue weighted by molar-refractivity contribution is -0.131. The Morgan fingerprint density at radius 1 is 1.22 bits per heavy atom. The fourth-order valence-electron chi connectivity index (χ4n) is 4.30. The van der Waals surface area contributed by atoms with Crippen molar-refractivity contribution >= 4 is 54.4 Å². The monoisotopic (exact) mass is 537 g/mol. The van der Waals surface area contributed by atoms with Crippen molar-refractivity contribution in [2.45, 2.75) is 44.0 Å². The summed E-state index contributed by atoms with van der Waals surface area (Å²) >= 11 is 1.05. The van der Waals surface area contributed by atoms with E-state index in [0.29, 0.717) is 26.6 Å². The van der Waals surface area contributed by atoms with E-state index in [4.69, 9.17) is 0 Å². The molecule has 0 saturated carbocycles. The lowest BCUT2D eigenvalue weighted by Crippen LogP contribution is -2.35. The van der Waals surface area contributed by atoms with Crippen LogP contribution in [0.5, 0.6) is 0 Å². The smallest absolute Gasteiger partial charge is 0.308 e. The summed E-state index contributed by atoms with van der Waals surface area (Å²) in [4.78, 5) is 40.7. The number of carbonyl (C=O) groups excluding carboxylic acids is 2. The Kier molecular flexibility index (Phi) is 7.85. The van der Waals surface area contributed by atoms with Crippen molar-refractivity contribution in [2.75, 3.05) is 18.1 Å². The molecular formula is C28H31N3O4S2. The molecule has 1 aliphatic rings. The van der Waals surface area contributed by atoms with Crippen LogP contribution < -0.4 is 10.2 Å². The van der Waals surface area contributed by atoms with E-state index in [2.05, 4.69) is 17.3 Å². The van der Waals surface area contributed by atoms with E-state index in [9.17, 15) is 18.6 Å². The Morgan fingerprint density at radius 2 is 1.95 bits per heavy atom. The zero-order valence-corrected chi connectivity index (χ0v) is 22.9. The number of allylic oxidation sites excluding steroid dienone is 4. The summed E-state index contributed by atoms with van der Waals surface area (Å²) < 4.78 is 14.6. The minimum Gasteiger partial charge on any atom is -0.326 e. The van der Waals surface area contributed by atoms with Crippen LogP contribution >= 0.6 is 11.3 Å². The van der Waals surface area contributed by atoms with Crippen molar-refractivity contribution in [3.05, 3.63) is 81.6 Å². The summed E-state index contributed by atoms with van der Waals surface area (Å²) in [5.41, 5.74) is 2.95. The van der Waals surface area contributed by atoms with Crippen molar-refractivity contribution in [1.29, 1.82) is 0 Å². The van der Waals surface area contributed by atoms with Gasteiger partial charge in [-0.05, 0) is 77.1 Å². The van der Waals surface area contributed by atoms with Crippen molar-refractivity contribution in [3.63, 3.8) is 0 Å². The number of rotatable bonds is 8. The third-order valence-corrected chi connectivity index (χ3v) is 9.56. The number of anilines is 1. The average molecular weight is 538 g/mol. The fourth-order valence-corrected chi connectivity index (χ4v) is 6.26. The van der Waals surface area contributed by atoms with Crippen LogP contribution in [0.15, 0.2) is 76.1 Å². The minimum atomic E-state index is -2.29. The standard InChI is InChI=1S/C28H31N3O4S2/c1-5-37(4,35)23-14-11-20(12-15-23)17-26(32)29-21-13-16-24-25(18-21)36-28(34)31(24)19(2)27(33)30(3)22-9-7-6-8-10-22/h6-7,9,11-16,18-19H,4-5,8,10,17H2,1-3H3,(H,29,32). The molecule has 37 heavy (non-hydrogen) atoms. The Labute approximate surface area is 221 Å². The highest BCUT2D eigenvalue weighted by Gasteiger charge is 2.25. The number of fused-ring (bicyclic) bond motifs is 1. The quantitative estimate of drug-likeness (QED) is 0.426. The SMILES string of the molecule is C=S(=O)(CC)c1ccc(CC(=O)Nc2ccc3c(c2)sc(=O)n3C(C)C(=O)N(C)C2=CC=CCC2)cc1. The number of carbonyl (C=O) groups is 2. The molecule has 2 atom stereocenters.